The number of hydrogen-bond donors (Lipinski definition) is 2. The summed E-state index contributed by atoms with van der Waals surface area (Å²) < 4.78 is 22.6. The first-order valence-corrected chi connectivity index (χ1v) is 12.5. The van der Waals surface area contributed by atoms with Crippen molar-refractivity contribution in [1.82, 2.24) is 25.2 Å². The van der Waals surface area contributed by atoms with Crippen molar-refractivity contribution < 1.29 is 24.1 Å². The van der Waals surface area contributed by atoms with Crippen molar-refractivity contribution in [1.29, 1.82) is 0 Å². The summed E-state index contributed by atoms with van der Waals surface area (Å²) in [6.07, 6.45) is 4.46. The third kappa shape index (κ3) is 4.52. The van der Waals surface area contributed by atoms with E-state index in [2.05, 4.69) is 25.2 Å². The fourth-order valence-electron chi connectivity index (χ4n) is 5.45. The number of fused-ring (bicyclic) bond motifs is 4. The highest BCUT2D eigenvalue weighted by Gasteiger charge is 2.34. The molecule has 0 saturated carbocycles. The molecule has 1 saturated heterocycles. The van der Waals surface area contributed by atoms with Crippen molar-refractivity contribution in [3.63, 3.8) is 0 Å². The average Bonchev–Trinajstić information content (AvgIpc) is 3.34. The van der Waals surface area contributed by atoms with E-state index in [0.717, 1.165) is 59.8 Å². The number of nitrogens with zero attached hydrogens (tertiary/aromatic N) is 4. The molecule has 6 rings (SSSR count). The van der Waals surface area contributed by atoms with Gasteiger partial charge in [0.2, 0.25) is 5.88 Å². The van der Waals surface area contributed by atoms with Gasteiger partial charge in [-0.05, 0) is 19.0 Å². The van der Waals surface area contributed by atoms with Crippen LogP contribution in [0.15, 0.2) is 30.6 Å². The van der Waals surface area contributed by atoms with E-state index in [4.69, 9.17) is 18.9 Å². The summed E-state index contributed by atoms with van der Waals surface area (Å²) >= 11 is 0. The highest BCUT2D eigenvalue weighted by molar-refractivity contribution is 5.81. The Morgan fingerprint density at radius 1 is 1.11 bits per heavy atom. The second kappa shape index (κ2) is 10.0. The minimum atomic E-state index is 0.130. The summed E-state index contributed by atoms with van der Waals surface area (Å²) in [5.41, 5.74) is 3.69. The minimum absolute atomic E-state index is 0.130. The zero-order valence-corrected chi connectivity index (χ0v) is 20.4. The van der Waals surface area contributed by atoms with Gasteiger partial charge in [0.05, 0.1) is 37.3 Å². The topological polar surface area (TPSA) is 111 Å². The van der Waals surface area contributed by atoms with Gasteiger partial charge in [0.15, 0.2) is 11.5 Å². The van der Waals surface area contributed by atoms with Crippen LogP contribution in [-0.2, 0) is 6.54 Å². The number of likely N-dealkylation sites (tertiary alicyclic amines) is 1. The predicted molar refractivity (Wildman–Crippen MR) is 132 cm³/mol. The van der Waals surface area contributed by atoms with E-state index in [1.807, 2.05) is 18.2 Å². The number of methoxy groups -OCH3 is 1. The molecule has 0 spiro atoms. The lowest BCUT2D eigenvalue weighted by Gasteiger charge is -2.39. The van der Waals surface area contributed by atoms with Crippen LogP contribution >= 0.6 is 0 Å². The van der Waals surface area contributed by atoms with E-state index in [9.17, 15) is 5.11 Å². The average molecular weight is 494 g/mol. The van der Waals surface area contributed by atoms with Gasteiger partial charge >= 0.3 is 0 Å². The molecular weight excluding hydrogens is 462 g/mol. The Morgan fingerprint density at radius 2 is 1.97 bits per heavy atom. The molecule has 6 heterocycles. The molecule has 3 atom stereocenters. The van der Waals surface area contributed by atoms with Gasteiger partial charge in [-0.15, -0.1) is 0 Å². The second-order valence-electron chi connectivity index (χ2n) is 9.56. The Balaban J connectivity index is 1.10. The Hall–Kier alpha value is -3.21. The molecule has 0 aliphatic carbocycles. The van der Waals surface area contributed by atoms with Crippen LogP contribution in [0.25, 0.3) is 11.0 Å². The zero-order chi connectivity index (χ0) is 24.5. The lowest BCUT2D eigenvalue weighted by Crippen LogP contribution is -2.51. The number of aromatic nitrogens is 3. The van der Waals surface area contributed by atoms with Crippen LogP contribution in [0, 0.1) is 5.92 Å². The molecule has 3 aliphatic rings. The van der Waals surface area contributed by atoms with Gasteiger partial charge in [-0.2, -0.15) is 0 Å². The van der Waals surface area contributed by atoms with Crippen molar-refractivity contribution in [3.8, 4) is 23.1 Å². The minimum Gasteiger partial charge on any atom is -0.491 e. The van der Waals surface area contributed by atoms with E-state index in [0.29, 0.717) is 38.0 Å². The number of aliphatic hydroxyl groups excluding tert-OH is 1. The van der Waals surface area contributed by atoms with Crippen LogP contribution in [0.1, 0.15) is 23.6 Å². The summed E-state index contributed by atoms with van der Waals surface area (Å²) in [5, 5.41) is 13.8. The van der Waals surface area contributed by atoms with Crippen molar-refractivity contribution in [2.45, 2.75) is 24.9 Å². The Labute approximate surface area is 209 Å². The van der Waals surface area contributed by atoms with Crippen LogP contribution in [0.5, 0.6) is 23.1 Å². The van der Waals surface area contributed by atoms with Gasteiger partial charge in [-0.1, -0.05) is 0 Å². The lowest BCUT2D eigenvalue weighted by molar-refractivity contribution is 0.0834. The van der Waals surface area contributed by atoms with Gasteiger partial charge in [0.25, 0.3) is 0 Å². The summed E-state index contributed by atoms with van der Waals surface area (Å²) in [6, 6.07) is 5.91. The molecule has 36 heavy (non-hydrogen) atoms. The molecule has 3 aromatic rings. The van der Waals surface area contributed by atoms with Gasteiger partial charge < -0.3 is 34.3 Å². The Bertz CT molecular complexity index is 1240. The summed E-state index contributed by atoms with van der Waals surface area (Å²) in [5.74, 6) is 3.14. The van der Waals surface area contributed by atoms with Crippen LogP contribution in [0.4, 0.5) is 0 Å². The molecule has 2 N–H and O–H groups in total. The maximum absolute atomic E-state index is 10.2. The van der Waals surface area contributed by atoms with Crippen LogP contribution in [-0.4, -0.2) is 84.2 Å². The van der Waals surface area contributed by atoms with Crippen molar-refractivity contribution in [3.05, 3.63) is 41.9 Å². The quantitative estimate of drug-likeness (QED) is 0.505. The summed E-state index contributed by atoms with van der Waals surface area (Å²) in [4.78, 5) is 16.1. The first-order valence-electron chi connectivity index (χ1n) is 12.5. The molecule has 3 aliphatic heterocycles. The van der Waals surface area contributed by atoms with E-state index >= 15 is 0 Å². The number of pyridine rings is 3. The molecule has 1 fully saturated rings. The molecule has 10 nitrogen and oxygen atoms in total. The first kappa shape index (κ1) is 23.2. The number of nitrogens with one attached hydrogen (secondary N) is 1. The molecule has 3 aromatic heterocycles. The SMILES string of the molecule is COc1ccc2ncc3c(c2n1)[C@@H](CN1CCC(NCc2cc4c(cn2)OCCO4)C(CO)C1)CO3. The lowest BCUT2D eigenvalue weighted by atomic mass is 9.91. The van der Waals surface area contributed by atoms with E-state index in [1.54, 1.807) is 19.5 Å². The monoisotopic (exact) mass is 493 g/mol. The highest BCUT2D eigenvalue weighted by atomic mass is 16.6. The largest absolute Gasteiger partial charge is 0.491 e. The molecule has 10 heteroatoms. The van der Waals surface area contributed by atoms with Gasteiger partial charge in [-0.3, -0.25) is 9.97 Å². The van der Waals surface area contributed by atoms with E-state index < -0.39 is 0 Å². The van der Waals surface area contributed by atoms with Gasteiger partial charge in [0.1, 0.15) is 24.5 Å². The van der Waals surface area contributed by atoms with Crippen molar-refractivity contribution >= 4 is 11.0 Å². The first-order chi connectivity index (χ1) is 17.7. The molecule has 2 unspecified atom stereocenters. The second-order valence-corrected chi connectivity index (χ2v) is 9.56. The molecule has 190 valence electrons. The van der Waals surface area contributed by atoms with Crippen LogP contribution in [0.3, 0.4) is 0 Å². The smallest absolute Gasteiger partial charge is 0.213 e. The maximum Gasteiger partial charge on any atom is 0.213 e. The molecule has 0 amide bonds. The van der Waals surface area contributed by atoms with Crippen molar-refractivity contribution in [2.75, 3.05) is 53.2 Å². The zero-order valence-electron chi connectivity index (χ0n) is 20.4. The number of piperidine rings is 1. The Kier molecular flexibility index (Phi) is 6.47. The van der Waals surface area contributed by atoms with Gasteiger partial charge in [0, 0.05) is 61.8 Å². The predicted octanol–water partition coefficient (Wildman–Crippen LogP) is 1.75. The van der Waals surface area contributed by atoms with Crippen LogP contribution in [0.2, 0.25) is 0 Å². The molecule has 0 radical (unpaired) electrons. The third-order valence-corrected chi connectivity index (χ3v) is 7.31. The number of rotatable bonds is 7. The normalized spacial score (nSPS) is 23.3. The third-order valence-electron chi connectivity index (χ3n) is 7.31. The molecular formula is C26H31N5O5. The standard InChI is InChI=1S/C26H31N5O5/c1-33-24-3-2-20-26(30-24)25-17(15-36-23(25)11-29-20)13-31-5-4-19(16(12-31)14-32)28-9-18-8-21-22(10-27-18)35-7-6-34-21/h2-3,8,10-11,16-17,19,28,32H,4-7,9,12-15H2,1H3/t16?,17-,19?/m0/s1. The molecule has 0 bridgehead atoms. The number of ether oxygens (including phenoxy) is 4. The highest BCUT2D eigenvalue weighted by Crippen LogP contribution is 2.39. The number of hydrogen-bond acceptors (Lipinski definition) is 10. The number of aliphatic hydroxyl groups is 1. The van der Waals surface area contributed by atoms with Crippen LogP contribution < -0.4 is 24.3 Å². The maximum atomic E-state index is 10.2. The van der Waals surface area contributed by atoms with Gasteiger partial charge in [-0.25, -0.2) is 4.98 Å². The fraction of sp³-hybridized carbons (Fsp3) is 0.500. The summed E-state index contributed by atoms with van der Waals surface area (Å²) in [6.45, 7) is 5.06. The Morgan fingerprint density at radius 3 is 2.83 bits per heavy atom. The van der Waals surface area contributed by atoms with E-state index in [1.165, 1.54) is 0 Å². The molecule has 0 aromatic carbocycles. The van der Waals surface area contributed by atoms with E-state index in [-0.39, 0.29) is 24.5 Å². The van der Waals surface area contributed by atoms with Crippen molar-refractivity contribution in [2.24, 2.45) is 5.92 Å². The fourth-order valence-corrected chi connectivity index (χ4v) is 5.45. The summed E-state index contributed by atoms with van der Waals surface area (Å²) in [7, 11) is 1.62.